The first-order valence-corrected chi connectivity index (χ1v) is 10.2. The number of hydrogen-bond donors (Lipinski definition) is 2. The molecule has 3 aromatic rings. The molecule has 1 atom stereocenters. The molecule has 0 saturated carbocycles. The summed E-state index contributed by atoms with van der Waals surface area (Å²) in [6.45, 7) is 6.84. The van der Waals surface area contributed by atoms with Crippen LogP contribution >= 0.6 is 0 Å². The van der Waals surface area contributed by atoms with E-state index in [1.165, 1.54) is 12.1 Å². The van der Waals surface area contributed by atoms with E-state index in [4.69, 9.17) is 0 Å². The third-order valence-corrected chi connectivity index (χ3v) is 5.49. The summed E-state index contributed by atoms with van der Waals surface area (Å²) in [6, 6.07) is 4.61. The molecular weight excluding hydrogens is 371 g/mol. The summed E-state index contributed by atoms with van der Waals surface area (Å²) in [5, 5.41) is 7.35. The summed E-state index contributed by atoms with van der Waals surface area (Å²) in [5.41, 5.74) is 3.13. The summed E-state index contributed by atoms with van der Waals surface area (Å²) in [5.74, 6) is 1.03. The van der Waals surface area contributed by atoms with Gasteiger partial charge in [0.25, 0.3) is 0 Å². The number of carbonyl (C=O) groups is 1. The van der Waals surface area contributed by atoms with Crippen LogP contribution in [0.2, 0.25) is 0 Å². The molecule has 0 radical (unpaired) electrons. The van der Waals surface area contributed by atoms with Crippen LogP contribution < -0.4 is 5.32 Å². The lowest BCUT2D eigenvalue weighted by Gasteiger charge is -2.31. The molecule has 1 aliphatic rings. The second-order valence-corrected chi connectivity index (χ2v) is 7.82. The topological polar surface area (TPSA) is 78.8 Å². The van der Waals surface area contributed by atoms with Gasteiger partial charge in [0.1, 0.15) is 11.6 Å². The highest BCUT2D eigenvalue weighted by Gasteiger charge is 2.23. The van der Waals surface area contributed by atoms with E-state index >= 15 is 0 Å². The first-order chi connectivity index (χ1) is 14.0. The van der Waals surface area contributed by atoms with Crippen molar-refractivity contribution in [2.45, 2.75) is 39.7 Å². The Morgan fingerprint density at radius 2 is 2.28 bits per heavy atom. The smallest absolute Gasteiger partial charge is 0.238 e. The van der Waals surface area contributed by atoms with Gasteiger partial charge in [-0.05, 0) is 57.4 Å². The van der Waals surface area contributed by atoms with Crippen molar-refractivity contribution < 1.29 is 9.18 Å². The summed E-state index contributed by atoms with van der Waals surface area (Å²) in [6.07, 6.45) is 4.83. The summed E-state index contributed by atoms with van der Waals surface area (Å²) in [7, 11) is 0. The van der Waals surface area contributed by atoms with Gasteiger partial charge in [-0.1, -0.05) is 0 Å². The van der Waals surface area contributed by atoms with Crippen molar-refractivity contribution in [3.05, 3.63) is 41.7 Å². The van der Waals surface area contributed by atoms with Crippen molar-refractivity contribution >= 4 is 22.6 Å². The van der Waals surface area contributed by atoms with Gasteiger partial charge in [-0.2, -0.15) is 5.10 Å². The van der Waals surface area contributed by atoms with Gasteiger partial charge in [0.05, 0.1) is 29.0 Å². The van der Waals surface area contributed by atoms with Crippen molar-refractivity contribution in [1.29, 1.82) is 0 Å². The number of imidazole rings is 1. The van der Waals surface area contributed by atoms with Gasteiger partial charge in [0, 0.05) is 25.7 Å². The Hall–Kier alpha value is -2.74. The summed E-state index contributed by atoms with van der Waals surface area (Å²) < 4.78 is 15.2. The van der Waals surface area contributed by atoms with E-state index in [2.05, 4.69) is 25.3 Å². The lowest BCUT2D eigenvalue weighted by atomic mass is 9.94. The molecule has 7 nitrogen and oxygen atoms in total. The Bertz CT molecular complexity index is 1010. The molecule has 0 spiro atoms. The average molecular weight is 398 g/mol. The number of halogens is 1. The molecular formula is C21H27FN6O. The first-order valence-electron chi connectivity index (χ1n) is 10.2. The third-order valence-electron chi connectivity index (χ3n) is 5.49. The number of H-pyrrole nitrogens is 1. The van der Waals surface area contributed by atoms with Gasteiger partial charge in [0.2, 0.25) is 5.91 Å². The fraction of sp³-hybridized carbons (Fsp3) is 0.476. The van der Waals surface area contributed by atoms with E-state index in [0.29, 0.717) is 12.5 Å². The lowest BCUT2D eigenvalue weighted by molar-refractivity contribution is -0.117. The van der Waals surface area contributed by atoms with Gasteiger partial charge >= 0.3 is 0 Å². The number of carbonyl (C=O) groups excluding carboxylic acids is 1. The van der Waals surface area contributed by atoms with Gasteiger partial charge in [-0.25, -0.2) is 9.37 Å². The number of piperidine rings is 1. The average Bonchev–Trinajstić information content (AvgIpc) is 3.24. The molecule has 2 aromatic heterocycles. The molecule has 1 aromatic carbocycles. The van der Waals surface area contributed by atoms with E-state index in [-0.39, 0.29) is 11.7 Å². The predicted molar refractivity (Wildman–Crippen MR) is 110 cm³/mol. The van der Waals surface area contributed by atoms with Crippen molar-refractivity contribution in [3.63, 3.8) is 0 Å². The number of aromatic amines is 1. The number of nitrogens with zero attached hydrogens (tertiary/aromatic N) is 4. The van der Waals surface area contributed by atoms with E-state index in [0.717, 1.165) is 67.1 Å². The van der Waals surface area contributed by atoms with Gasteiger partial charge in [-0.15, -0.1) is 0 Å². The van der Waals surface area contributed by atoms with Crippen molar-refractivity contribution in [2.75, 3.05) is 25.0 Å². The Kier molecular flexibility index (Phi) is 5.62. The number of aromatic nitrogens is 4. The van der Waals surface area contributed by atoms with Crippen LogP contribution in [0, 0.1) is 18.7 Å². The van der Waals surface area contributed by atoms with Crippen LogP contribution in [0.5, 0.6) is 0 Å². The van der Waals surface area contributed by atoms with Crippen LogP contribution in [-0.2, 0) is 17.8 Å². The number of nitrogens with one attached hydrogen (secondary N) is 2. The highest BCUT2D eigenvalue weighted by Crippen LogP contribution is 2.22. The fourth-order valence-corrected chi connectivity index (χ4v) is 4.06. The number of amides is 1. The molecule has 29 heavy (non-hydrogen) atoms. The van der Waals surface area contributed by atoms with Crippen molar-refractivity contribution in [2.24, 2.45) is 5.92 Å². The van der Waals surface area contributed by atoms with Crippen LogP contribution in [0.25, 0.3) is 11.0 Å². The standard InChI is InChI=1S/C21H27FN6O/c1-3-28-12-19(14(2)26-28)25-21(29)13-27-8-4-5-15(11-27)9-20-23-17-7-6-16(22)10-18(17)24-20/h6-7,10,12,15H,3-5,8-9,11,13H2,1-2H3,(H,23,24)(H,25,29). The Morgan fingerprint density at radius 3 is 3.07 bits per heavy atom. The van der Waals surface area contributed by atoms with Crippen LogP contribution in [0.4, 0.5) is 10.1 Å². The molecule has 1 saturated heterocycles. The summed E-state index contributed by atoms with van der Waals surface area (Å²) >= 11 is 0. The molecule has 4 rings (SSSR count). The maximum absolute atomic E-state index is 13.4. The molecule has 1 fully saturated rings. The highest BCUT2D eigenvalue weighted by molar-refractivity contribution is 5.92. The minimum absolute atomic E-state index is 0.0105. The van der Waals surface area contributed by atoms with Crippen molar-refractivity contribution in [1.82, 2.24) is 24.6 Å². The number of anilines is 1. The molecule has 1 aliphatic heterocycles. The molecule has 1 unspecified atom stereocenters. The van der Waals surface area contributed by atoms with Crippen LogP contribution in [0.15, 0.2) is 24.4 Å². The third kappa shape index (κ3) is 4.64. The second-order valence-electron chi connectivity index (χ2n) is 7.82. The van der Waals surface area contributed by atoms with Crippen LogP contribution in [0.1, 0.15) is 31.3 Å². The van der Waals surface area contributed by atoms with E-state index in [1.807, 2.05) is 24.7 Å². The SMILES string of the molecule is CCn1cc(NC(=O)CN2CCCC(Cc3nc4ccc(F)cc4[nH]3)C2)c(C)n1. The maximum atomic E-state index is 13.4. The van der Waals surface area contributed by atoms with E-state index < -0.39 is 0 Å². The number of benzene rings is 1. The first kappa shape index (κ1) is 19.6. The zero-order valence-electron chi connectivity index (χ0n) is 16.9. The number of aryl methyl sites for hydroxylation is 2. The fourth-order valence-electron chi connectivity index (χ4n) is 4.06. The van der Waals surface area contributed by atoms with Crippen LogP contribution in [-0.4, -0.2) is 50.2 Å². The van der Waals surface area contributed by atoms with E-state index in [9.17, 15) is 9.18 Å². The minimum atomic E-state index is -0.262. The molecule has 1 amide bonds. The Balaban J connectivity index is 1.33. The maximum Gasteiger partial charge on any atom is 0.238 e. The number of rotatable bonds is 6. The molecule has 154 valence electrons. The van der Waals surface area contributed by atoms with E-state index in [1.54, 1.807) is 6.07 Å². The zero-order valence-corrected chi connectivity index (χ0v) is 16.9. The van der Waals surface area contributed by atoms with Gasteiger partial charge in [0.15, 0.2) is 0 Å². The molecule has 2 N–H and O–H groups in total. The Morgan fingerprint density at radius 1 is 1.41 bits per heavy atom. The lowest BCUT2D eigenvalue weighted by Crippen LogP contribution is -2.41. The van der Waals surface area contributed by atoms with Crippen LogP contribution in [0.3, 0.4) is 0 Å². The van der Waals surface area contributed by atoms with Crippen molar-refractivity contribution in [3.8, 4) is 0 Å². The Labute approximate surface area is 169 Å². The molecule has 8 heteroatoms. The molecule has 3 heterocycles. The quantitative estimate of drug-likeness (QED) is 0.669. The number of likely N-dealkylation sites (tertiary alicyclic amines) is 1. The van der Waals surface area contributed by atoms with Gasteiger partial charge < -0.3 is 10.3 Å². The summed E-state index contributed by atoms with van der Waals surface area (Å²) in [4.78, 5) is 22.5. The number of hydrogen-bond acceptors (Lipinski definition) is 4. The second kappa shape index (κ2) is 8.32. The monoisotopic (exact) mass is 398 g/mol. The highest BCUT2D eigenvalue weighted by atomic mass is 19.1. The molecule has 0 aliphatic carbocycles. The largest absolute Gasteiger partial charge is 0.342 e. The zero-order chi connectivity index (χ0) is 20.4. The minimum Gasteiger partial charge on any atom is -0.342 e. The molecule has 0 bridgehead atoms. The number of fused-ring (bicyclic) bond motifs is 1. The normalized spacial score (nSPS) is 17.7. The predicted octanol–water partition coefficient (Wildman–Crippen LogP) is 3.12. The van der Waals surface area contributed by atoms with Gasteiger partial charge in [-0.3, -0.25) is 14.4 Å².